The Morgan fingerprint density at radius 3 is 2.56 bits per heavy atom. The molecule has 2 rings (SSSR count). The summed E-state index contributed by atoms with van der Waals surface area (Å²) in [5.41, 5.74) is 7.59. The number of nitrogens with one attached hydrogen (secondary N) is 2. The van der Waals surface area contributed by atoms with Crippen LogP contribution in [0.3, 0.4) is 0 Å². The highest BCUT2D eigenvalue weighted by Gasteiger charge is 2.02. The molecule has 2 heterocycles. The van der Waals surface area contributed by atoms with Gasteiger partial charge in [0, 0.05) is 13.1 Å². The van der Waals surface area contributed by atoms with Crippen LogP contribution in [-0.2, 0) is 0 Å². The summed E-state index contributed by atoms with van der Waals surface area (Å²) in [7, 11) is 1.79. The minimum atomic E-state index is 0.488. The number of nitrogens with zero attached hydrogens (tertiary/aromatic N) is 3. The molecule has 0 aromatic carbocycles. The van der Waals surface area contributed by atoms with E-state index in [0.29, 0.717) is 23.0 Å². The molecule has 0 bridgehead atoms. The molecule has 0 unspecified atom stereocenters. The van der Waals surface area contributed by atoms with Crippen molar-refractivity contribution in [3.63, 3.8) is 0 Å². The zero-order chi connectivity index (χ0) is 13.0. The zero-order valence-electron chi connectivity index (χ0n) is 9.81. The second kappa shape index (κ2) is 5.01. The van der Waals surface area contributed by atoms with E-state index >= 15 is 0 Å². The van der Waals surface area contributed by atoms with E-state index in [9.17, 15) is 0 Å². The monoisotopic (exact) mass is 240 g/mol. The van der Waals surface area contributed by atoms with Crippen molar-refractivity contribution in [2.45, 2.75) is 0 Å². The molecule has 0 saturated heterocycles. The van der Waals surface area contributed by atoms with Crippen LogP contribution in [0.15, 0.2) is 24.7 Å². The third kappa shape index (κ3) is 2.47. The molecule has 0 aliphatic carbocycles. The molecular formula is C12H12N6. The van der Waals surface area contributed by atoms with Crippen LogP contribution in [0.1, 0.15) is 5.69 Å². The first-order chi connectivity index (χ1) is 8.72. The normalized spacial score (nSPS) is 9.56. The Balaban J connectivity index is 2.20. The van der Waals surface area contributed by atoms with Crippen LogP contribution < -0.4 is 16.4 Å². The molecule has 0 atom stereocenters. The number of hydrogen-bond acceptors (Lipinski definition) is 6. The van der Waals surface area contributed by atoms with E-state index in [1.807, 2.05) is 0 Å². The first-order valence-corrected chi connectivity index (χ1v) is 5.22. The molecule has 2 aromatic rings. The maximum Gasteiger partial charge on any atom is 0.150 e. The molecule has 6 heteroatoms. The number of aromatic nitrogens is 3. The van der Waals surface area contributed by atoms with Crippen LogP contribution in [-0.4, -0.2) is 22.0 Å². The summed E-state index contributed by atoms with van der Waals surface area (Å²) in [6, 6.07) is 1.78. The van der Waals surface area contributed by atoms with Gasteiger partial charge in [-0.15, -0.1) is 6.42 Å². The predicted molar refractivity (Wildman–Crippen MR) is 71.4 cm³/mol. The molecule has 0 amide bonds. The molecule has 0 spiro atoms. The smallest absolute Gasteiger partial charge is 0.150 e. The molecule has 0 fully saturated rings. The standard InChI is InChI=1S/C12H12N6/c1-3-8-5-16-12(7-15-8)18-11-4-10(14-2)9(13)6-17-11/h1,4-7H,13H2,2H3,(H2,14,16,17,18). The highest BCUT2D eigenvalue weighted by atomic mass is 15.1. The quantitative estimate of drug-likeness (QED) is 0.699. The largest absolute Gasteiger partial charge is 0.396 e. The van der Waals surface area contributed by atoms with Crippen molar-refractivity contribution >= 4 is 23.0 Å². The van der Waals surface area contributed by atoms with Gasteiger partial charge in [0.15, 0.2) is 0 Å². The van der Waals surface area contributed by atoms with Crippen molar-refractivity contribution in [2.75, 3.05) is 23.4 Å². The molecule has 2 aromatic heterocycles. The number of terminal acetylenes is 1. The predicted octanol–water partition coefficient (Wildman–Crippen LogP) is 1.22. The third-order valence-electron chi connectivity index (χ3n) is 2.26. The minimum absolute atomic E-state index is 0.488. The van der Waals surface area contributed by atoms with Crippen LogP contribution in [0.4, 0.5) is 23.0 Å². The SMILES string of the molecule is C#Cc1cnc(Nc2cc(NC)c(N)cn2)cn1. The topological polar surface area (TPSA) is 88.8 Å². The first kappa shape index (κ1) is 11.7. The fraction of sp³-hybridized carbons (Fsp3) is 0.0833. The van der Waals surface area contributed by atoms with Gasteiger partial charge in [-0.1, -0.05) is 0 Å². The Hall–Kier alpha value is -2.81. The van der Waals surface area contributed by atoms with Crippen molar-refractivity contribution in [1.29, 1.82) is 0 Å². The average Bonchev–Trinajstić information content (AvgIpc) is 2.42. The lowest BCUT2D eigenvalue weighted by Crippen LogP contribution is -2.01. The fourth-order valence-electron chi connectivity index (χ4n) is 1.35. The van der Waals surface area contributed by atoms with Crippen molar-refractivity contribution in [1.82, 2.24) is 15.0 Å². The highest BCUT2D eigenvalue weighted by Crippen LogP contribution is 2.21. The number of rotatable bonds is 3. The van der Waals surface area contributed by atoms with E-state index < -0.39 is 0 Å². The van der Waals surface area contributed by atoms with Gasteiger partial charge in [-0.05, 0) is 5.92 Å². The molecule has 90 valence electrons. The van der Waals surface area contributed by atoms with Crippen LogP contribution in [0.2, 0.25) is 0 Å². The lowest BCUT2D eigenvalue weighted by atomic mass is 10.3. The maximum absolute atomic E-state index is 5.73. The average molecular weight is 240 g/mol. The number of nitrogen functional groups attached to an aromatic ring is 1. The second-order valence-corrected chi connectivity index (χ2v) is 3.46. The summed E-state index contributed by atoms with van der Waals surface area (Å²) in [4.78, 5) is 12.3. The molecule has 4 N–H and O–H groups in total. The van der Waals surface area contributed by atoms with Crippen molar-refractivity contribution < 1.29 is 0 Å². The summed E-state index contributed by atoms with van der Waals surface area (Å²) < 4.78 is 0. The Kier molecular flexibility index (Phi) is 3.25. The lowest BCUT2D eigenvalue weighted by molar-refractivity contribution is 1.16. The zero-order valence-corrected chi connectivity index (χ0v) is 9.81. The summed E-state index contributed by atoms with van der Waals surface area (Å²) >= 11 is 0. The van der Waals surface area contributed by atoms with Crippen LogP contribution in [0.25, 0.3) is 0 Å². The van der Waals surface area contributed by atoms with Gasteiger partial charge in [-0.2, -0.15) is 0 Å². The van der Waals surface area contributed by atoms with E-state index in [-0.39, 0.29) is 0 Å². The number of nitrogens with two attached hydrogens (primary N) is 1. The van der Waals surface area contributed by atoms with Gasteiger partial charge in [0.25, 0.3) is 0 Å². The van der Waals surface area contributed by atoms with E-state index in [4.69, 9.17) is 12.2 Å². The summed E-state index contributed by atoms with van der Waals surface area (Å²) in [6.45, 7) is 0. The molecule has 0 saturated carbocycles. The van der Waals surface area contributed by atoms with E-state index in [0.717, 1.165) is 5.69 Å². The van der Waals surface area contributed by atoms with Gasteiger partial charge in [0.05, 0.1) is 30.0 Å². The van der Waals surface area contributed by atoms with Crippen molar-refractivity contribution in [3.8, 4) is 12.3 Å². The summed E-state index contributed by atoms with van der Waals surface area (Å²) in [5.74, 6) is 3.59. The minimum Gasteiger partial charge on any atom is -0.396 e. The number of pyridine rings is 1. The highest BCUT2D eigenvalue weighted by molar-refractivity contribution is 5.69. The Bertz CT molecular complexity index is 585. The van der Waals surface area contributed by atoms with Gasteiger partial charge in [0.2, 0.25) is 0 Å². The third-order valence-corrected chi connectivity index (χ3v) is 2.26. The molecule has 0 aliphatic rings. The fourth-order valence-corrected chi connectivity index (χ4v) is 1.35. The van der Waals surface area contributed by atoms with E-state index in [1.165, 1.54) is 6.20 Å². The summed E-state index contributed by atoms with van der Waals surface area (Å²) in [5, 5.41) is 5.98. The Morgan fingerprint density at radius 1 is 1.17 bits per heavy atom. The first-order valence-electron chi connectivity index (χ1n) is 5.22. The molecule has 0 aliphatic heterocycles. The van der Waals surface area contributed by atoms with Gasteiger partial charge in [-0.25, -0.2) is 15.0 Å². The van der Waals surface area contributed by atoms with E-state index in [2.05, 4.69) is 31.5 Å². The lowest BCUT2D eigenvalue weighted by Gasteiger charge is -2.08. The summed E-state index contributed by atoms with van der Waals surface area (Å²) in [6.07, 6.45) is 9.83. The van der Waals surface area contributed by atoms with Gasteiger partial charge in [-0.3, -0.25) is 0 Å². The van der Waals surface area contributed by atoms with E-state index in [1.54, 1.807) is 25.5 Å². The van der Waals surface area contributed by atoms with Crippen molar-refractivity contribution in [3.05, 3.63) is 30.4 Å². The molecular weight excluding hydrogens is 228 g/mol. The van der Waals surface area contributed by atoms with Crippen LogP contribution in [0, 0.1) is 12.3 Å². The number of anilines is 4. The molecule has 0 radical (unpaired) electrons. The van der Waals surface area contributed by atoms with Gasteiger partial charge < -0.3 is 16.4 Å². The Morgan fingerprint density at radius 2 is 1.94 bits per heavy atom. The number of hydrogen-bond donors (Lipinski definition) is 3. The molecule has 18 heavy (non-hydrogen) atoms. The second-order valence-electron chi connectivity index (χ2n) is 3.46. The van der Waals surface area contributed by atoms with Gasteiger partial charge >= 0.3 is 0 Å². The Labute approximate surface area is 105 Å². The maximum atomic E-state index is 5.73. The van der Waals surface area contributed by atoms with Crippen molar-refractivity contribution in [2.24, 2.45) is 0 Å². The van der Waals surface area contributed by atoms with Gasteiger partial charge in [0.1, 0.15) is 17.3 Å². The molecule has 6 nitrogen and oxygen atoms in total. The van der Waals surface area contributed by atoms with Crippen LogP contribution in [0.5, 0.6) is 0 Å². The van der Waals surface area contributed by atoms with Crippen LogP contribution >= 0.6 is 0 Å².